The Kier molecular flexibility index (Phi) is 9.03. The Bertz CT molecular complexity index is 849. The molecule has 0 fully saturated rings. The van der Waals surface area contributed by atoms with Crippen LogP contribution in [0.1, 0.15) is 55.4 Å². The van der Waals surface area contributed by atoms with Crippen molar-refractivity contribution in [3.8, 4) is 0 Å². The molecule has 30 heavy (non-hydrogen) atoms. The first kappa shape index (κ1) is 23.6. The van der Waals surface area contributed by atoms with E-state index in [1.54, 1.807) is 17.0 Å². The normalized spacial score (nSPS) is 11.8. The van der Waals surface area contributed by atoms with E-state index in [-0.39, 0.29) is 30.6 Å². The quantitative estimate of drug-likeness (QED) is 0.575. The Morgan fingerprint density at radius 3 is 2.27 bits per heavy atom. The van der Waals surface area contributed by atoms with Crippen LogP contribution in [0.2, 0.25) is 0 Å². The van der Waals surface area contributed by atoms with Gasteiger partial charge in [0.1, 0.15) is 11.9 Å². The molecule has 2 aromatic rings. The van der Waals surface area contributed by atoms with Crippen molar-refractivity contribution >= 4 is 11.8 Å². The van der Waals surface area contributed by atoms with E-state index in [1.807, 2.05) is 39.0 Å². The van der Waals surface area contributed by atoms with Crippen LogP contribution in [0.5, 0.6) is 0 Å². The average Bonchev–Trinajstić information content (AvgIpc) is 2.72. The summed E-state index contributed by atoms with van der Waals surface area (Å²) in [7, 11) is 0. The van der Waals surface area contributed by atoms with Gasteiger partial charge in [-0.25, -0.2) is 4.39 Å². The number of rotatable bonds is 10. The maximum Gasteiger partial charge on any atom is 0.242 e. The van der Waals surface area contributed by atoms with E-state index < -0.39 is 6.04 Å². The second-order valence-corrected chi connectivity index (χ2v) is 7.81. The van der Waals surface area contributed by atoms with Crippen LogP contribution in [0.25, 0.3) is 0 Å². The molecule has 1 N–H and O–H groups in total. The lowest BCUT2D eigenvalue weighted by atomic mass is 10.0. The molecule has 0 spiro atoms. The molecule has 2 rings (SSSR count). The molecule has 0 saturated heterocycles. The van der Waals surface area contributed by atoms with Crippen molar-refractivity contribution in [2.75, 3.05) is 6.54 Å². The summed E-state index contributed by atoms with van der Waals surface area (Å²) in [4.78, 5) is 27.7. The molecule has 0 heterocycles. The van der Waals surface area contributed by atoms with Crippen molar-refractivity contribution in [3.05, 3.63) is 70.5 Å². The first-order valence-corrected chi connectivity index (χ1v) is 10.7. The molecular formula is C25H33FN2O2. The highest BCUT2D eigenvalue weighted by molar-refractivity contribution is 5.88. The van der Waals surface area contributed by atoms with Crippen LogP contribution in [0.15, 0.2) is 42.5 Å². The topological polar surface area (TPSA) is 49.4 Å². The standard InChI is InChI=1S/C25H33FN2O2/c1-5-7-14-27-25(30)23(6-2)28(17-20-10-12-22(26)13-11-20)24(29)16-21-9-8-18(3)19(4)15-21/h8-13,15,23H,5-7,14,16-17H2,1-4H3,(H,27,30). The van der Waals surface area contributed by atoms with Gasteiger partial charge in [-0.1, -0.05) is 50.6 Å². The number of amides is 2. The number of hydrogen-bond donors (Lipinski definition) is 1. The van der Waals surface area contributed by atoms with Gasteiger partial charge < -0.3 is 10.2 Å². The van der Waals surface area contributed by atoms with Crippen molar-refractivity contribution in [2.45, 2.75) is 66.0 Å². The van der Waals surface area contributed by atoms with Gasteiger partial charge in [-0.05, 0) is 61.1 Å². The third-order valence-corrected chi connectivity index (χ3v) is 5.41. The lowest BCUT2D eigenvalue weighted by Gasteiger charge is -2.31. The fourth-order valence-electron chi connectivity index (χ4n) is 3.40. The van der Waals surface area contributed by atoms with Crippen molar-refractivity contribution in [1.29, 1.82) is 0 Å². The van der Waals surface area contributed by atoms with E-state index in [1.165, 1.54) is 17.7 Å². The molecule has 0 radical (unpaired) electrons. The molecule has 4 nitrogen and oxygen atoms in total. The first-order valence-electron chi connectivity index (χ1n) is 10.7. The monoisotopic (exact) mass is 412 g/mol. The summed E-state index contributed by atoms with van der Waals surface area (Å²) in [6, 6.07) is 11.5. The van der Waals surface area contributed by atoms with Gasteiger partial charge >= 0.3 is 0 Å². The van der Waals surface area contributed by atoms with Crippen LogP contribution in [0.3, 0.4) is 0 Å². The lowest BCUT2D eigenvalue weighted by Crippen LogP contribution is -2.49. The van der Waals surface area contributed by atoms with Gasteiger partial charge in [0.2, 0.25) is 11.8 Å². The minimum Gasteiger partial charge on any atom is -0.354 e. The molecule has 0 bridgehead atoms. The van der Waals surface area contributed by atoms with E-state index in [4.69, 9.17) is 0 Å². The van der Waals surface area contributed by atoms with Crippen molar-refractivity contribution in [3.63, 3.8) is 0 Å². The Hall–Kier alpha value is -2.69. The van der Waals surface area contributed by atoms with Crippen LogP contribution in [-0.4, -0.2) is 29.3 Å². The second-order valence-electron chi connectivity index (χ2n) is 7.81. The molecule has 1 atom stereocenters. The van der Waals surface area contributed by atoms with E-state index in [0.717, 1.165) is 29.5 Å². The fourth-order valence-corrected chi connectivity index (χ4v) is 3.40. The van der Waals surface area contributed by atoms with E-state index in [2.05, 4.69) is 12.2 Å². The summed E-state index contributed by atoms with van der Waals surface area (Å²) >= 11 is 0. The predicted molar refractivity (Wildman–Crippen MR) is 119 cm³/mol. The van der Waals surface area contributed by atoms with Gasteiger partial charge in [-0.3, -0.25) is 9.59 Å². The van der Waals surface area contributed by atoms with Gasteiger partial charge in [-0.2, -0.15) is 0 Å². The Morgan fingerprint density at radius 2 is 1.67 bits per heavy atom. The number of aryl methyl sites for hydroxylation is 2. The number of unbranched alkanes of at least 4 members (excludes halogenated alkanes) is 1. The Labute approximate surface area is 179 Å². The van der Waals surface area contributed by atoms with Crippen LogP contribution in [-0.2, 0) is 22.6 Å². The van der Waals surface area contributed by atoms with Crippen molar-refractivity contribution in [2.24, 2.45) is 0 Å². The average molecular weight is 413 g/mol. The predicted octanol–water partition coefficient (Wildman–Crippen LogP) is 4.71. The summed E-state index contributed by atoms with van der Waals surface area (Å²) < 4.78 is 13.3. The van der Waals surface area contributed by atoms with E-state index in [9.17, 15) is 14.0 Å². The van der Waals surface area contributed by atoms with Crippen LogP contribution in [0, 0.1) is 19.7 Å². The number of benzene rings is 2. The number of halogens is 1. The van der Waals surface area contributed by atoms with E-state index >= 15 is 0 Å². The molecule has 2 aromatic carbocycles. The minimum absolute atomic E-state index is 0.111. The minimum atomic E-state index is -0.564. The molecule has 0 aliphatic heterocycles. The maximum absolute atomic E-state index is 13.3. The van der Waals surface area contributed by atoms with Crippen LogP contribution in [0.4, 0.5) is 4.39 Å². The smallest absolute Gasteiger partial charge is 0.242 e. The summed E-state index contributed by atoms with van der Waals surface area (Å²) in [6.45, 7) is 8.90. The summed E-state index contributed by atoms with van der Waals surface area (Å²) in [5.41, 5.74) is 4.03. The maximum atomic E-state index is 13.3. The van der Waals surface area contributed by atoms with E-state index in [0.29, 0.717) is 13.0 Å². The van der Waals surface area contributed by atoms with Gasteiger partial charge in [0.05, 0.1) is 6.42 Å². The third-order valence-electron chi connectivity index (χ3n) is 5.41. The summed E-state index contributed by atoms with van der Waals surface area (Å²) in [5.74, 6) is -0.572. The molecule has 2 amide bonds. The molecule has 0 saturated carbocycles. The number of carbonyl (C=O) groups excluding carboxylic acids is 2. The Balaban J connectivity index is 2.25. The van der Waals surface area contributed by atoms with Crippen molar-refractivity contribution in [1.82, 2.24) is 10.2 Å². The number of nitrogens with zero attached hydrogens (tertiary/aromatic N) is 1. The highest BCUT2D eigenvalue weighted by Gasteiger charge is 2.28. The zero-order valence-corrected chi connectivity index (χ0v) is 18.5. The Morgan fingerprint density at radius 1 is 1.00 bits per heavy atom. The lowest BCUT2D eigenvalue weighted by molar-refractivity contribution is -0.140. The van der Waals surface area contributed by atoms with Crippen LogP contribution >= 0.6 is 0 Å². The number of nitrogens with one attached hydrogen (secondary N) is 1. The number of hydrogen-bond acceptors (Lipinski definition) is 2. The van der Waals surface area contributed by atoms with Gasteiger partial charge in [0, 0.05) is 13.1 Å². The molecular weight excluding hydrogens is 379 g/mol. The molecule has 0 aliphatic carbocycles. The zero-order valence-electron chi connectivity index (χ0n) is 18.5. The van der Waals surface area contributed by atoms with Gasteiger partial charge in [-0.15, -0.1) is 0 Å². The van der Waals surface area contributed by atoms with Gasteiger partial charge in [0.25, 0.3) is 0 Å². The molecule has 1 unspecified atom stereocenters. The molecule has 0 aliphatic rings. The largest absolute Gasteiger partial charge is 0.354 e. The second kappa shape index (κ2) is 11.5. The molecule has 0 aromatic heterocycles. The molecule has 162 valence electrons. The third kappa shape index (κ3) is 6.68. The highest BCUT2D eigenvalue weighted by Crippen LogP contribution is 2.17. The van der Waals surface area contributed by atoms with Crippen LogP contribution < -0.4 is 5.32 Å². The number of carbonyl (C=O) groups is 2. The van der Waals surface area contributed by atoms with Crippen molar-refractivity contribution < 1.29 is 14.0 Å². The SMILES string of the molecule is CCCCNC(=O)C(CC)N(Cc1ccc(F)cc1)C(=O)Cc1ccc(C)c(C)c1. The fraction of sp³-hybridized carbons (Fsp3) is 0.440. The summed E-state index contributed by atoms with van der Waals surface area (Å²) in [5, 5.41) is 2.95. The first-order chi connectivity index (χ1) is 14.3. The van der Waals surface area contributed by atoms with Gasteiger partial charge in [0.15, 0.2) is 0 Å². The highest BCUT2D eigenvalue weighted by atomic mass is 19.1. The zero-order chi connectivity index (χ0) is 22.1. The summed E-state index contributed by atoms with van der Waals surface area (Å²) in [6.07, 6.45) is 2.62. The molecule has 5 heteroatoms.